The lowest BCUT2D eigenvalue weighted by atomic mass is 10.2. The molecule has 18 heavy (non-hydrogen) atoms. The lowest BCUT2D eigenvalue weighted by Gasteiger charge is -2.05. The summed E-state index contributed by atoms with van der Waals surface area (Å²) in [5, 5.41) is 16.5. The Bertz CT molecular complexity index is 421. The topological polar surface area (TPSA) is 84.3 Å². The number of nitro groups is 1. The predicted molar refractivity (Wildman–Crippen MR) is 68.1 cm³/mol. The maximum absolute atomic E-state index is 11.2. The molecule has 0 atom stereocenters. The van der Waals surface area contributed by atoms with Gasteiger partial charge in [-0.15, -0.1) is 0 Å². The first kappa shape index (κ1) is 14.1. The highest BCUT2D eigenvalue weighted by Crippen LogP contribution is 2.16. The fourth-order valence-corrected chi connectivity index (χ4v) is 1.55. The van der Waals surface area contributed by atoms with E-state index in [4.69, 9.17) is 0 Å². The summed E-state index contributed by atoms with van der Waals surface area (Å²) in [6, 6.07) is 6.57. The summed E-state index contributed by atoms with van der Waals surface area (Å²) in [5.41, 5.74) is 0.724. The molecule has 0 fully saturated rings. The van der Waals surface area contributed by atoms with Crippen molar-refractivity contribution in [3.8, 4) is 0 Å². The molecule has 0 aliphatic carbocycles. The van der Waals surface area contributed by atoms with E-state index in [-0.39, 0.29) is 11.6 Å². The number of nitrogens with one attached hydrogen (secondary N) is 2. The summed E-state index contributed by atoms with van der Waals surface area (Å²) >= 11 is 0. The van der Waals surface area contributed by atoms with Crippen molar-refractivity contribution in [1.29, 1.82) is 0 Å². The number of carbonyl (C=O) groups is 1. The van der Waals surface area contributed by atoms with E-state index in [1.165, 1.54) is 6.07 Å². The van der Waals surface area contributed by atoms with Gasteiger partial charge in [-0.3, -0.25) is 14.9 Å². The average molecular weight is 251 g/mol. The Morgan fingerprint density at radius 1 is 1.39 bits per heavy atom. The molecule has 0 aromatic heterocycles. The van der Waals surface area contributed by atoms with Gasteiger partial charge in [-0.05, 0) is 6.92 Å². The van der Waals surface area contributed by atoms with Crippen molar-refractivity contribution in [2.75, 3.05) is 13.1 Å². The Morgan fingerprint density at radius 2 is 2.11 bits per heavy atom. The van der Waals surface area contributed by atoms with E-state index in [1.54, 1.807) is 18.2 Å². The zero-order valence-electron chi connectivity index (χ0n) is 10.3. The summed E-state index contributed by atoms with van der Waals surface area (Å²) < 4.78 is 0. The van der Waals surface area contributed by atoms with Gasteiger partial charge in [0, 0.05) is 37.7 Å². The van der Waals surface area contributed by atoms with Gasteiger partial charge in [-0.25, -0.2) is 0 Å². The van der Waals surface area contributed by atoms with Crippen LogP contribution in [0.25, 0.3) is 0 Å². The van der Waals surface area contributed by atoms with Crippen LogP contribution in [0.15, 0.2) is 24.3 Å². The molecule has 1 aromatic rings. The second-order valence-electron chi connectivity index (χ2n) is 3.77. The highest BCUT2D eigenvalue weighted by molar-refractivity contribution is 5.75. The fraction of sp³-hybridized carbons (Fsp3) is 0.417. The molecule has 6 nitrogen and oxygen atoms in total. The highest BCUT2D eigenvalue weighted by atomic mass is 16.6. The fourth-order valence-electron chi connectivity index (χ4n) is 1.55. The summed E-state index contributed by atoms with van der Waals surface area (Å²) in [7, 11) is 0. The number of benzene rings is 1. The number of amides is 1. The number of hydrogen-bond acceptors (Lipinski definition) is 4. The first-order valence-corrected chi connectivity index (χ1v) is 5.85. The van der Waals surface area contributed by atoms with Crippen LogP contribution in [0.5, 0.6) is 0 Å². The van der Waals surface area contributed by atoms with Crippen molar-refractivity contribution in [2.45, 2.75) is 19.9 Å². The van der Waals surface area contributed by atoms with E-state index < -0.39 is 4.92 Å². The molecule has 0 unspecified atom stereocenters. The Kier molecular flexibility index (Phi) is 5.79. The Hall–Kier alpha value is -1.95. The molecule has 0 saturated carbocycles. The van der Waals surface area contributed by atoms with Crippen LogP contribution in [0.2, 0.25) is 0 Å². The van der Waals surface area contributed by atoms with Crippen LogP contribution in [0.1, 0.15) is 18.9 Å². The van der Waals surface area contributed by atoms with Crippen LogP contribution >= 0.6 is 0 Å². The molecule has 2 N–H and O–H groups in total. The predicted octanol–water partition coefficient (Wildman–Crippen LogP) is 1.21. The van der Waals surface area contributed by atoms with Gasteiger partial charge < -0.3 is 10.6 Å². The lowest BCUT2D eigenvalue weighted by molar-refractivity contribution is -0.385. The second-order valence-corrected chi connectivity index (χ2v) is 3.77. The van der Waals surface area contributed by atoms with Crippen molar-refractivity contribution in [3.05, 3.63) is 39.9 Å². The van der Waals surface area contributed by atoms with E-state index in [1.807, 2.05) is 6.92 Å². The zero-order valence-corrected chi connectivity index (χ0v) is 10.3. The van der Waals surface area contributed by atoms with Gasteiger partial charge >= 0.3 is 0 Å². The maximum Gasteiger partial charge on any atom is 0.273 e. The van der Waals surface area contributed by atoms with E-state index in [0.717, 1.165) is 0 Å². The number of rotatable bonds is 7. The smallest absolute Gasteiger partial charge is 0.273 e. The van der Waals surface area contributed by atoms with Gasteiger partial charge in [-0.2, -0.15) is 0 Å². The first-order chi connectivity index (χ1) is 8.65. The van der Waals surface area contributed by atoms with Crippen molar-refractivity contribution in [1.82, 2.24) is 10.6 Å². The maximum atomic E-state index is 11.2. The van der Waals surface area contributed by atoms with Crippen LogP contribution < -0.4 is 10.6 Å². The second kappa shape index (κ2) is 7.39. The monoisotopic (exact) mass is 251 g/mol. The standard InChI is InChI=1S/C12H17N3O3/c1-2-14-12(16)7-8-13-9-10-5-3-4-6-11(10)15(17)18/h3-6,13H,2,7-9H2,1H3,(H,14,16). The van der Waals surface area contributed by atoms with Crippen molar-refractivity contribution in [3.63, 3.8) is 0 Å². The molecule has 0 spiro atoms. The van der Waals surface area contributed by atoms with Crippen molar-refractivity contribution >= 4 is 11.6 Å². The third kappa shape index (κ3) is 4.50. The van der Waals surface area contributed by atoms with Gasteiger partial charge in [0.25, 0.3) is 5.69 Å². The molecule has 0 aliphatic rings. The Balaban J connectivity index is 2.40. The molecule has 1 rings (SSSR count). The quantitative estimate of drug-likeness (QED) is 0.433. The molecular weight excluding hydrogens is 234 g/mol. The van der Waals surface area contributed by atoms with E-state index in [0.29, 0.717) is 31.6 Å². The number of para-hydroxylation sites is 1. The Labute approximate surface area is 106 Å². The van der Waals surface area contributed by atoms with Gasteiger partial charge in [0.2, 0.25) is 5.91 Å². The molecule has 0 saturated heterocycles. The SMILES string of the molecule is CCNC(=O)CCNCc1ccccc1[N+](=O)[O-]. The average Bonchev–Trinajstić information content (AvgIpc) is 2.35. The zero-order chi connectivity index (χ0) is 13.4. The van der Waals surface area contributed by atoms with Gasteiger partial charge in [0.05, 0.1) is 4.92 Å². The van der Waals surface area contributed by atoms with E-state index in [2.05, 4.69) is 10.6 Å². The lowest BCUT2D eigenvalue weighted by Crippen LogP contribution is -2.27. The minimum absolute atomic E-state index is 0.0208. The molecular formula is C12H17N3O3. The summed E-state index contributed by atoms with van der Waals surface area (Å²) in [6.45, 7) is 3.36. The highest BCUT2D eigenvalue weighted by Gasteiger charge is 2.11. The number of carbonyl (C=O) groups excluding carboxylic acids is 1. The van der Waals surface area contributed by atoms with Crippen molar-refractivity contribution in [2.24, 2.45) is 0 Å². The third-order valence-corrected chi connectivity index (χ3v) is 2.41. The molecule has 0 radical (unpaired) electrons. The number of nitro benzene ring substituents is 1. The third-order valence-electron chi connectivity index (χ3n) is 2.41. The Morgan fingerprint density at radius 3 is 2.78 bits per heavy atom. The molecule has 0 bridgehead atoms. The molecule has 1 aromatic carbocycles. The van der Waals surface area contributed by atoms with Crippen LogP contribution in [-0.4, -0.2) is 23.9 Å². The summed E-state index contributed by atoms with van der Waals surface area (Å²) in [5.74, 6) is -0.0208. The molecule has 0 aliphatic heterocycles. The molecule has 6 heteroatoms. The van der Waals surface area contributed by atoms with E-state index in [9.17, 15) is 14.9 Å². The van der Waals surface area contributed by atoms with Crippen LogP contribution in [-0.2, 0) is 11.3 Å². The number of hydrogen-bond donors (Lipinski definition) is 2. The van der Waals surface area contributed by atoms with Crippen molar-refractivity contribution < 1.29 is 9.72 Å². The van der Waals surface area contributed by atoms with Gasteiger partial charge in [-0.1, -0.05) is 18.2 Å². The largest absolute Gasteiger partial charge is 0.356 e. The van der Waals surface area contributed by atoms with Gasteiger partial charge in [0.1, 0.15) is 0 Å². The summed E-state index contributed by atoms with van der Waals surface area (Å²) in [4.78, 5) is 21.5. The van der Waals surface area contributed by atoms with Gasteiger partial charge in [0.15, 0.2) is 0 Å². The molecule has 0 heterocycles. The number of nitrogens with zero attached hydrogens (tertiary/aromatic N) is 1. The molecule has 1 amide bonds. The van der Waals surface area contributed by atoms with Crippen LogP contribution in [0.4, 0.5) is 5.69 Å². The summed E-state index contributed by atoms with van der Waals surface area (Å²) in [6.07, 6.45) is 0.370. The normalized spacial score (nSPS) is 10.1. The minimum atomic E-state index is -0.402. The van der Waals surface area contributed by atoms with Crippen LogP contribution in [0, 0.1) is 10.1 Å². The molecule has 98 valence electrons. The minimum Gasteiger partial charge on any atom is -0.356 e. The van der Waals surface area contributed by atoms with Crippen LogP contribution in [0.3, 0.4) is 0 Å². The first-order valence-electron chi connectivity index (χ1n) is 5.85. The van der Waals surface area contributed by atoms with E-state index >= 15 is 0 Å².